The van der Waals surface area contributed by atoms with Crippen LogP contribution in [0.15, 0.2) is 48.8 Å². The fourth-order valence-electron chi connectivity index (χ4n) is 3.98. The van der Waals surface area contributed by atoms with Crippen molar-refractivity contribution >= 4 is 17.3 Å². The minimum Gasteiger partial charge on any atom is -0.383 e. The van der Waals surface area contributed by atoms with E-state index in [1.165, 1.54) is 11.1 Å². The maximum Gasteiger partial charge on any atom is 0.255 e. The summed E-state index contributed by atoms with van der Waals surface area (Å²) in [6, 6.07) is 12.4. The second kappa shape index (κ2) is 10.4. The summed E-state index contributed by atoms with van der Waals surface area (Å²) in [5, 5.41) is 6.61. The molecule has 168 valence electrons. The first-order valence-corrected chi connectivity index (χ1v) is 11.2. The number of hydrogen-bond acceptors (Lipinski definition) is 4. The highest BCUT2D eigenvalue weighted by atomic mass is 16.1. The summed E-state index contributed by atoms with van der Waals surface area (Å²) in [5.41, 5.74) is 14.8. The highest BCUT2D eigenvalue weighted by molar-refractivity contribution is 6.07. The van der Waals surface area contributed by atoms with Crippen molar-refractivity contribution in [1.29, 1.82) is 0 Å². The highest BCUT2D eigenvalue weighted by Gasteiger charge is 2.16. The molecule has 3 aromatic rings. The molecule has 3 rings (SSSR count). The first kappa shape index (κ1) is 23.5. The molecule has 0 bridgehead atoms. The Labute approximate surface area is 191 Å². The van der Waals surface area contributed by atoms with E-state index in [1.54, 1.807) is 6.20 Å². The summed E-state index contributed by atoms with van der Waals surface area (Å²) in [6.07, 6.45) is 5.32. The maximum absolute atomic E-state index is 13.1. The van der Waals surface area contributed by atoms with E-state index >= 15 is 0 Å². The molecule has 5 nitrogen and oxygen atoms in total. The molecule has 1 unspecified atom stereocenters. The second-order valence-corrected chi connectivity index (χ2v) is 8.70. The number of aromatic nitrogens is 1. The van der Waals surface area contributed by atoms with Gasteiger partial charge in [0.2, 0.25) is 0 Å². The number of nitrogens with one attached hydrogen (secondary N) is 2. The van der Waals surface area contributed by atoms with Crippen LogP contribution in [0.3, 0.4) is 0 Å². The Hall–Kier alpha value is -3.18. The van der Waals surface area contributed by atoms with Crippen LogP contribution in [0.5, 0.6) is 0 Å². The standard InChI is InChI=1S/C27H34N4O/c1-6-23(28)7-8-30-26-24(21-11-17(2)9-18(3)12-21)15-29-16-25(26)31-27(32)22-13-19(4)10-20(5)14-22/h9-16,23H,6-8,28H2,1-5H3,(H,29,30)(H,31,32). The van der Waals surface area contributed by atoms with Crippen LogP contribution < -0.4 is 16.4 Å². The molecule has 0 radical (unpaired) electrons. The summed E-state index contributed by atoms with van der Waals surface area (Å²) in [6.45, 7) is 11.0. The molecule has 5 heteroatoms. The molecular formula is C27H34N4O. The normalized spacial score (nSPS) is 11.8. The first-order chi connectivity index (χ1) is 15.3. The Bertz CT molecular complexity index is 1070. The van der Waals surface area contributed by atoms with E-state index in [-0.39, 0.29) is 11.9 Å². The van der Waals surface area contributed by atoms with Gasteiger partial charge >= 0.3 is 0 Å². The fourth-order valence-corrected chi connectivity index (χ4v) is 3.98. The molecule has 0 fully saturated rings. The van der Waals surface area contributed by atoms with Gasteiger partial charge in [-0.25, -0.2) is 0 Å². The van der Waals surface area contributed by atoms with Gasteiger partial charge in [-0.15, -0.1) is 0 Å². The number of anilines is 2. The first-order valence-electron chi connectivity index (χ1n) is 11.2. The van der Waals surface area contributed by atoms with Crippen LogP contribution in [0.1, 0.15) is 52.4 Å². The third-order valence-corrected chi connectivity index (χ3v) is 5.55. The number of rotatable bonds is 8. The van der Waals surface area contributed by atoms with Gasteiger partial charge in [0.1, 0.15) is 0 Å². The van der Waals surface area contributed by atoms with Gasteiger partial charge in [0.15, 0.2) is 0 Å². The number of carbonyl (C=O) groups excluding carboxylic acids is 1. The average Bonchev–Trinajstić information content (AvgIpc) is 2.73. The molecule has 0 aliphatic carbocycles. The number of amides is 1. The predicted octanol–water partition coefficient (Wildman–Crippen LogP) is 5.77. The van der Waals surface area contributed by atoms with Crippen molar-refractivity contribution in [1.82, 2.24) is 4.98 Å². The number of nitrogens with zero attached hydrogens (tertiary/aromatic N) is 1. The lowest BCUT2D eigenvalue weighted by atomic mass is 10.00. The van der Waals surface area contributed by atoms with E-state index in [0.29, 0.717) is 17.8 Å². The van der Waals surface area contributed by atoms with Gasteiger partial charge in [-0.3, -0.25) is 9.78 Å². The molecule has 0 aliphatic heterocycles. The zero-order chi connectivity index (χ0) is 23.3. The predicted molar refractivity (Wildman–Crippen MR) is 134 cm³/mol. The molecule has 0 saturated carbocycles. The van der Waals surface area contributed by atoms with Gasteiger partial charge < -0.3 is 16.4 Å². The molecule has 0 spiro atoms. The average molecular weight is 431 g/mol. The molecule has 0 saturated heterocycles. The van der Waals surface area contributed by atoms with Gasteiger partial charge in [-0.05, 0) is 58.2 Å². The van der Waals surface area contributed by atoms with Gasteiger partial charge in [0.25, 0.3) is 5.91 Å². The number of benzene rings is 2. The van der Waals surface area contributed by atoms with Crippen LogP contribution in [0.2, 0.25) is 0 Å². The SMILES string of the molecule is CCC(N)CCNc1c(NC(=O)c2cc(C)cc(C)c2)cncc1-c1cc(C)cc(C)c1. The molecule has 1 amide bonds. The van der Waals surface area contributed by atoms with Gasteiger partial charge in [-0.2, -0.15) is 0 Å². The summed E-state index contributed by atoms with van der Waals surface area (Å²) in [7, 11) is 0. The number of pyridine rings is 1. The monoisotopic (exact) mass is 430 g/mol. The Morgan fingerprint density at radius 2 is 1.53 bits per heavy atom. The lowest BCUT2D eigenvalue weighted by molar-refractivity contribution is 0.102. The van der Waals surface area contributed by atoms with Crippen LogP contribution in [0.4, 0.5) is 11.4 Å². The van der Waals surface area contributed by atoms with Crippen LogP contribution in [-0.2, 0) is 0 Å². The quantitative estimate of drug-likeness (QED) is 0.423. The van der Waals surface area contributed by atoms with E-state index in [2.05, 4.69) is 60.7 Å². The second-order valence-electron chi connectivity index (χ2n) is 8.70. The smallest absolute Gasteiger partial charge is 0.255 e. The van der Waals surface area contributed by atoms with E-state index < -0.39 is 0 Å². The molecule has 0 aliphatic rings. The third-order valence-electron chi connectivity index (χ3n) is 5.55. The molecule has 4 N–H and O–H groups in total. The van der Waals surface area contributed by atoms with Crippen LogP contribution in [-0.4, -0.2) is 23.5 Å². The maximum atomic E-state index is 13.1. The molecule has 1 aromatic heterocycles. The van der Waals surface area contributed by atoms with Gasteiger partial charge in [-0.1, -0.05) is 53.4 Å². The van der Waals surface area contributed by atoms with E-state index in [1.807, 2.05) is 32.2 Å². The minimum absolute atomic E-state index is 0.141. The third kappa shape index (κ3) is 5.95. The fraction of sp³-hybridized carbons (Fsp3) is 0.333. The lowest BCUT2D eigenvalue weighted by Crippen LogP contribution is -2.23. The van der Waals surface area contributed by atoms with E-state index in [9.17, 15) is 4.79 Å². The zero-order valence-corrected chi connectivity index (χ0v) is 19.8. The van der Waals surface area contributed by atoms with Crippen molar-refractivity contribution in [3.8, 4) is 11.1 Å². The van der Waals surface area contributed by atoms with Crippen molar-refractivity contribution < 1.29 is 4.79 Å². The number of carbonyl (C=O) groups is 1. The molecule has 1 heterocycles. The lowest BCUT2D eigenvalue weighted by Gasteiger charge is -2.19. The Balaban J connectivity index is 1.99. The number of hydrogen-bond donors (Lipinski definition) is 3. The van der Waals surface area contributed by atoms with E-state index in [4.69, 9.17) is 5.73 Å². The van der Waals surface area contributed by atoms with Crippen molar-refractivity contribution in [2.75, 3.05) is 17.2 Å². The molecule has 2 aromatic carbocycles. The zero-order valence-electron chi connectivity index (χ0n) is 19.8. The summed E-state index contributed by atoms with van der Waals surface area (Å²) in [5.74, 6) is -0.149. The van der Waals surface area contributed by atoms with E-state index in [0.717, 1.165) is 40.8 Å². The summed E-state index contributed by atoms with van der Waals surface area (Å²) >= 11 is 0. The Morgan fingerprint density at radius 1 is 0.938 bits per heavy atom. The van der Waals surface area contributed by atoms with Gasteiger partial charge in [0.05, 0.1) is 17.6 Å². The summed E-state index contributed by atoms with van der Waals surface area (Å²) in [4.78, 5) is 17.5. The Kier molecular flexibility index (Phi) is 7.65. The van der Waals surface area contributed by atoms with Crippen molar-refractivity contribution in [2.24, 2.45) is 5.73 Å². The highest BCUT2D eigenvalue weighted by Crippen LogP contribution is 2.35. The van der Waals surface area contributed by atoms with Crippen molar-refractivity contribution in [2.45, 2.75) is 53.5 Å². The van der Waals surface area contributed by atoms with Crippen LogP contribution >= 0.6 is 0 Å². The molecular weight excluding hydrogens is 396 g/mol. The van der Waals surface area contributed by atoms with Crippen molar-refractivity contribution in [3.05, 3.63) is 76.6 Å². The largest absolute Gasteiger partial charge is 0.383 e. The minimum atomic E-state index is -0.149. The number of aryl methyl sites for hydroxylation is 4. The van der Waals surface area contributed by atoms with Crippen LogP contribution in [0, 0.1) is 27.7 Å². The Morgan fingerprint density at radius 3 is 2.12 bits per heavy atom. The van der Waals surface area contributed by atoms with Crippen LogP contribution in [0.25, 0.3) is 11.1 Å². The topological polar surface area (TPSA) is 80.0 Å². The van der Waals surface area contributed by atoms with Gasteiger partial charge in [0, 0.05) is 29.9 Å². The molecule has 1 atom stereocenters. The number of nitrogens with two attached hydrogens (primary N) is 1. The molecule has 32 heavy (non-hydrogen) atoms. The summed E-state index contributed by atoms with van der Waals surface area (Å²) < 4.78 is 0. The van der Waals surface area contributed by atoms with Crippen molar-refractivity contribution in [3.63, 3.8) is 0 Å².